The third-order valence-corrected chi connectivity index (χ3v) is 16.7. The molecule has 7 heteroatoms. The van der Waals surface area contributed by atoms with Crippen molar-refractivity contribution in [1.82, 2.24) is 0 Å². The Morgan fingerprint density at radius 1 is 0.857 bits per heavy atom. The van der Waals surface area contributed by atoms with Crippen molar-refractivity contribution in [2.45, 2.75) is 84.6 Å². The summed E-state index contributed by atoms with van der Waals surface area (Å²) in [6.45, 7) is 19.9. The fourth-order valence-corrected chi connectivity index (χ4v) is 19.8. The molecule has 0 aromatic carbocycles. The van der Waals surface area contributed by atoms with Gasteiger partial charge in [0.15, 0.2) is 17.4 Å². The Morgan fingerprint density at radius 2 is 1.43 bits per heavy atom. The van der Waals surface area contributed by atoms with E-state index in [2.05, 4.69) is 65.7 Å². The van der Waals surface area contributed by atoms with Crippen LogP contribution < -0.4 is 0 Å². The first-order valence-electron chi connectivity index (χ1n) is 8.29. The number of unbranched alkanes of at least 4 members (excludes halogenated alkanes) is 3. The van der Waals surface area contributed by atoms with Crippen molar-refractivity contribution in [3.63, 3.8) is 0 Å². The van der Waals surface area contributed by atoms with Gasteiger partial charge in [-0.2, -0.15) is 0 Å². The van der Waals surface area contributed by atoms with E-state index in [9.17, 15) is 0 Å². The monoisotopic (exact) mass is 365 g/mol. The average Bonchev–Trinajstić information content (AvgIpc) is 2.18. The highest BCUT2D eigenvalue weighted by Crippen LogP contribution is 2.25. The fraction of sp³-hybridized carbons (Fsp3) is 0.929. The van der Waals surface area contributed by atoms with Gasteiger partial charge in [-0.25, -0.2) is 0 Å². The lowest BCUT2D eigenvalue weighted by Gasteiger charge is -2.39. The summed E-state index contributed by atoms with van der Waals surface area (Å²) in [5.41, 5.74) is 0. The highest BCUT2D eigenvalue weighted by molar-refractivity contribution is 6.87. The predicted molar refractivity (Wildman–Crippen MR) is 103 cm³/mol. The van der Waals surface area contributed by atoms with Crippen molar-refractivity contribution in [2.75, 3.05) is 0 Å². The highest BCUT2D eigenvalue weighted by atomic mass is 28.5. The van der Waals surface area contributed by atoms with Crippen molar-refractivity contribution < 1.29 is 12.3 Å². The Balaban J connectivity index is 4.42. The van der Waals surface area contributed by atoms with Gasteiger partial charge in [0.2, 0.25) is 0 Å². The molecule has 0 aromatic rings. The molecule has 0 atom stereocenters. The maximum Gasteiger partial charge on any atom is 0.312 e. The van der Waals surface area contributed by atoms with Crippen molar-refractivity contribution in [3.05, 3.63) is 6.42 Å². The zero-order valence-electron chi connectivity index (χ0n) is 15.7. The Bertz CT molecular complexity index is 294. The first kappa shape index (κ1) is 21.7. The zero-order chi connectivity index (χ0) is 16.7. The number of hydrogen-bond donors (Lipinski definition) is 0. The minimum atomic E-state index is -2.10. The minimum absolute atomic E-state index is 1.05. The molecule has 0 saturated heterocycles. The summed E-state index contributed by atoms with van der Waals surface area (Å²) in [6, 6.07) is 1.19. The summed E-state index contributed by atoms with van der Waals surface area (Å²) in [6.07, 6.45) is 6.03. The first-order valence-corrected chi connectivity index (χ1v) is 19.8. The molecule has 0 unspecified atom stereocenters. The average molecular weight is 366 g/mol. The highest BCUT2D eigenvalue weighted by Gasteiger charge is 2.40. The molecule has 0 fully saturated rings. The summed E-state index contributed by atoms with van der Waals surface area (Å²) in [5, 5.41) is 0. The molecular formula is C14H37O3Si4. The molecule has 0 heterocycles. The smallest absolute Gasteiger partial charge is 0.312 e. The summed E-state index contributed by atoms with van der Waals surface area (Å²) >= 11 is 0. The van der Waals surface area contributed by atoms with Crippen LogP contribution in [-0.4, -0.2) is 34.5 Å². The maximum absolute atomic E-state index is 6.53. The second-order valence-electron chi connectivity index (χ2n) is 7.55. The topological polar surface area (TPSA) is 27.7 Å². The van der Waals surface area contributed by atoms with E-state index < -0.39 is 34.5 Å². The molecule has 0 aliphatic rings. The Kier molecular flexibility index (Phi) is 9.47. The Morgan fingerprint density at radius 3 is 1.90 bits per heavy atom. The van der Waals surface area contributed by atoms with Crippen LogP contribution in [0.15, 0.2) is 0 Å². The molecule has 21 heavy (non-hydrogen) atoms. The van der Waals surface area contributed by atoms with E-state index in [0.29, 0.717) is 0 Å². The van der Waals surface area contributed by atoms with Gasteiger partial charge in [-0.3, -0.25) is 0 Å². The summed E-state index contributed by atoms with van der Waals surface area (Å²) in [4.78, 5) is 0. The molecule has 0 bridgehead atoms. The summed E-state index contributed by atoms with van der Waals surface area (Å²) < 4.78 is 19.0. The van der Waals surface area contributed by atoms with Crippen LogP contribution in [0.5, 0.6) is 0 Å². The van der Waals surface area contributed by atoms with Gasteiger partial charge in [-0.05, 0) is 64.8 Å². The van der Waals surface area contributed by atoms with Crippen molar-refractivity contribution in [2.24, 2.45) is 0 Å². The number of rotatable bonds is 11. The third-order valence-electron chi connectivity index (χ3n) is 2.98. The van der Waals surface area contributed by atoms with Gasteiger partial charge < -0.3 is 12.3 Å². The van der Waals surface area contributed by atoms with E-state index in [-0.39, 0.29) is 0 Å². The zero-order valence-corrected chi connectivity index (χ0v) is 19.9. The second kappa shape index (κ2) is 9.14. The summed E-state index contributed by atoms with van der Waals surface area (Å²) in [7, 11) is -6.84. The fourth-order valence-electron chi connectivity index (χ4n) is 2.72. The van der Waals surface area contributed by atoms with Crippen LogP contribution in [0.25, 0.3) is 0 Å². The SMILES string of the molecule is CCC[CH]CC[Si](C)(C)O[Si](C)(C)O[Si](C)(C)O[SiH](C)C. The van der Waals surface area contributed by atoms with Gasteiger partial charge in [0.05, 0.1) is 0 Å². The normalized spacial score (nSPS) is 14.0. The Hall–Kier alpha value is 0.748. The third kappa shape index (κ3) is 11.9. The van der Waals surface area contributed by atoms with Gasteiger partial charge >= 0.3 is 17.1 Å². The van der Waals surface area contributed by atoms with E-state index in [4.69, 9.17) is 12.3 Å². The van der Waals surface area contributed by atoms with E-state index in [1.165, 1.54) is 25.3 Å². The molecule has 0 aromatic heterocycles. The van der Waals surface area contributed by atoms with Gasteiger partial charge in [0, 0.05) is 0 Å². The second-order valence-corrected chi connectivity index (χ2v) is 21.8. The molecule has 0 amide bonds. The first-order chi connectivity index (χ1) is 9.39. The van der Waals surface area contributed by atoms with Crippen molar-refractivity contribution in [1.29, 1.82) is 0 Å². The molecule has 0 N–H and O–H groups in total. The Labute approximate surface area is 138 Å². The molecule has 0 saturated carbocycles. The van der Waals surface area contributed by atoms with Crippen molar-refractivity contribution in [3.8, 4) is 0 Å². The van der Waals surface area contributed by atoms with Crippen LogP contribution in [0.2, 0.25) is 58.4 Å². The molecule has 0 rings (SSSR count). The van der Waals surface area contributed by atoms with E-state index in [1.807, 2.05) is 0 Å². The van der Waals surface area contributed by atoms with Crippen molar-refractivity contribution >= 4 is 34.5 Å². The molecular weight excluding hydrogens is 328 g/mol. The van der Waals surface area contributed by atoms with Gasteiger partial charge in [-0.15, -0.1) is 0 Å². The van der Waals surface area contributed by atoms with Gasteiger partial charge in [0.1, 0.15) is 0 Å². The van der Waals surface area contributed by atoms with Crippen LogP contribution in [-0.2, 0) is 12.3 Å². The minimum Gasteiger partial charge on any atom is -0.440 e. The molecule has 127 valence electrons. The molecule has 1 radical (unpaired) electrons. The van der Waals surface area contributed by atoms with E-state index >= 15 is 0 Å². The van der Waals surface area contributed by atoms with Gasteiger partial charge in [-0.1, -0.05) is 26.2 Å². The molecule has 0 aliphatic carbocycles. The quantitative estimate of drug-likeness (QED) is 0.380. The molecule has 0 aliphatic heterocycles. The van der Waals surface area contributed by atoms with Crippen LogP contribution in [0.1, 0.15) is 26.2 Å². The van der Waals surface area contributed by atoms with Crippen LogP contribution >= 0.6 is 0 Å². The number of hydrogen-bond acceptors (Lipinski definition) is 3. The lowest BCUT2D eigenvalue weighted by Crippen LogP contribution is -2.54. The van der Waals surface area contributed by atoms with E-state index in [0.717, 1.165) is 0 Å². The lowest BCUT2D eigenvalue weighted by molar-refractivity contribution is 0.333. The van der Waals surface area contributed by atoms with Crippen LogP contribution in [0.3, 0.4) is 0 Å². The van der Waals surface area contributed by atoms with Crippen LogP contribution in [0.4, 0.5) is 0 Å². The standard InChI is InChI=1S/C14H37O3Si4/c1-10-11-12-13-14-19(4,5)16-21(8,9)17-20(6,7)15-18(2)3/h12,18H,10-11,13-14H2,1-9H3. The molecule has 3 nitrogen and oxygen atoms in total. The molecule has 0 spiro atoms. The maximum atomic E-state index is 6.53. The summed E-state index contributed by atoms with van der Waals surface area (Å²) in [5.74, 6) is 0. The lowest BCUT2D eigenvalue weighted by atomic mass is 10.2. The van der Waals surface area contributed by atoms with Crippen LogP contribution in [0, 0.1) is 6.42 Å². The van der Waals surface area contributed by atoms with Gasteiger partial charge in [0.25, 0.3) is 0 Å². The van der Waals surface area contributed by atoms with E-state index in [1.54, 1.807) is 0 Å². The predicted octanol–water partition coefficient (Wildman–Crippen LogP) is 5.02. The largest absolute Gasteiger partial charge is 0.440 e.